The minimum absolute atomic E-state index is 0.00271. The summed E-state index contributed by atoms with van der Waals surface area (Å²) in [7, 11) is -12.1. The number of hydroxylamine groups is 2. The molecule has 289 valence electrons. The maximum Gasteiger partial charge on any atom is 0.534 e. The van der Waals surface area contributed by atoms with Gasteiger partial charge in [-0.25, -0.2) is 4.79 Å². The van der Waals surface area contributed by atoms with Gasteiger partial charge in [-0.15, -0.1) is 0 Å². The van der Waals surface area contributed by atoms with Crippen molar-refractivity contribution < 1.29 is 54.8 Å². The van der Waals surface area contributed by atoms with Gasteiger partial charge in [-0.1, -0.05) is 5.06 Å². The number of hydrogen-bond acceptors (Lipinski definition) is 13. The Hall–Kier alpha value is -2.23. The Kier molecular flexibility index (Phi) is 15.6. The molecule has 0 aromatic heterocycles. The van der Waals surface area contributed by atoms with Crippen molar-refractivity contribution >= 4 is 74.8 Å². The zero-order chi connectivity index (χ0) is 39.2. The average molecular weight is 822 g/mol. The molecular weight excluding hydrogens is 765 g/mol. The van der Waals surface area contributed by atoms with Crippen LogP contribution in [0.15, 0.2) is 12.1 Å². The summed E-state index contributed by atoms with van der Waals surface area (Å²) in [6.07, 6.45) is -2.77. The van der Waals surface area contributed by atoms with Crippen LogP contribution in [0.2, 0.25) is 97.2 Å². The molecule has 2 rings (SSSR count). The van der Waals surface area contributed by atoms with Gasteiger partial charge in [0, 0.05) is 12.8 Å². The molecule has 1 unspecified atom stereocenters. The van der Waals surface area contributed by atoms with Crippen LogP contribution in [0, 0.1) is 10.1 Å². The van der Waals surface area contributed by atoms with Gasteiger partial charge in [0.15, 0.2) is 45.5 Å². The molecular formula is C30H57N2O13Si6. The lowest BCUT2D eigenvalue weighted by Gasteiger charge is -2.37. The average Bonchev–Trinajstić information content (AvgIpc) is 3.21. The first-order valence-corrected chi connectivity index (χ1v) is 34.7. The zero-order valence-corrected chi connectivity index (χ0v) is 38.7. The topological polar surface area (TPSA) is 171 Å². The predicted molar refractivity (Wildman–Crippen MR) is 206 cm³/mol. The van der Waals surface area contributed by atoms with Gasteiger partial charge in [0.25, 0.3) is 17.5 Å². The fourth-order valence-electron chi connectivity index (χ4n) is 5.75. The Morgan fingerprint density at radius 3 is 1.75 bits per heavy atom. The molecule has 15 nitrogen and oxygen atoms in total. The summed E-state index contributed by atoms with van der Waals surface area (Å²) >= 11 is 0. The molecule has 1 aromatic rings. The number of benzene rings is 1. The van der Waals surface area contributed by atoms with Gasteiger partial charge < -0.3 is 30.7 Å². The fraction of sp³-hybridized carbons (Fsp3) is 0.700. The van der Waals surface area contributed by atoms with Crippen LogP contribution in [0.1, 0.15) is 31.4 Å². The normalized spacial score (nSPS) is 15.3. The maximum absolute atomic E-state index is 12.5. The smallest absolute Gasteiger partial charge is 0.490 e. The van der Waals surface area contributed by atoms with Gasteiger partial charge in [-0.3, -0.25) is 24.5 Å². The summed E-state index contributed by atoms with van der Waals surface area (Å²) in [6.45, 7) is 28.9. The van der Waals surface area contributed by atoms with Gasteiger partial charge in [-0.05, 0) is 110 Å². The highest BCUT2D eigenvalue weighted by atomic mass is 28.5. The first-order valence-electron chi connectivity index (χ1n) is 17.0. The SMILES string of the molecule is CC(OC(=O)ON1C(=O)CCC1=O)c1cc(OCC[Si](C)(C)O[Si](C)(C)O[Si](C)C)c(OCC[Si](C)(C)O[Si](C)(C)O[Si](C)(C)C)cc1[N+](=O)[O-]. The molecule has 51 heavy (non-hydrogen) atoms. The van der Waals surface area contributed by atoms with Gasteiger partial charge in [0.2, 0.25) is 0 Å². The number of hydrogen-bond donors (Lipinski definition) is 0. The number of carbonyl (C=O) groups excluding carboxylic acids is 3. The third-order valence-corrected chi connectivity index (χ3v) is 26.3. The van der Waals surface area contributed by atoms with E-state index in [0.29, 0.717) is 17.2 Å². The molecule has 0 bridgehead atoms. The van der Waals surface area contributed by atoms with Gasteiger partial charge >= 0.3 is 23.3 Å². The number of rotatable bonds is 20. The number of ether oxygens (including phenoxy) is 3. The monoisotopic (exact) mass is 821 g/mol. The van der Waals surface area contributed by atoms with E-state index in [1.54, 1.807) is 0 Å². The number of imide groups is 1. The third-order valence-electron chi connectivity index (χ3n) is 7.14. The summed E-state index contributed by atoms with van der Waals surface area (Å²) in [4.78, 5) is 52.9. The first-order chi connectivity index (χ1) is 23.1. The van der Waals surface area contributed by atoms with Crippen molar-refractivity contribution in [2.45, 2.75) is 123 Å². The second kappa shape index (κ2) is 17.7. The summed E-state index contributed by atoms with van der Waals surface area (Å²) in [5.41, 5.74) is -0.376. The molecule has 1 aliphatic rings. The van der Waals surface area contributed by atoms with Crippen LogP contribution in [0.5, 0.6) is 11.5 Å². The highest BCUT2D eigenvalue weighted by Gasteiger charge is 2.39. The van der Waals surface area contributed by atoms with Crippen molar-refractivity contribution in [3.05, 3.63) is 27.8 Å². The number of nitro groups is 1. The number of amides is 2. The Bertz CT molecular complexity index is 1400. The molecule has 1 aliphatic heterocycles. The van der Waals surface area contributed by atoms with E-state index in [-0.39, 0.29) is 48.8 Å². The quantitative estimate of drug-likeness (QED) is 0.0415. The van der Waals surface area contributed by atoms with Crippen LogP contribution in [-0.2, 0) is 35.6 Å². The number of nitrogens with zero attached hydrogens (tertiary/aromatic N) is 2. The van der Waals surface area contributed by atoms with Crippen LogP contribution >= 0.6 is 0 Å². The van der Waals surface area contributed by atoms with Crippen molar-refractivity contribution in [1.82, 2.24) is 5.06 Å². The van der Waals surface area contributed by atoms with Crippen molar-refractivity contribution in [3.8, 4) is 11.5 Å². The molecule has 1 radical (unpaired) electrons. The highest BCUT2D eigenvalue weighted by molar-refractivity contribution is 6.87. The van der Waals surface area contributed by atoms with E-state index in [4.69, 9.17) is 35.5 Å². The van der Waals surface area contributed by atoms with Crippen molar-refractivity contribution in [2.24, 2.45) is 0 Å². The third kappa shape index (κ3) is 15.7. The first kappa shape index (κ1) is 44.9. The Morgan fingerprint density at radius 2 is 1.29 bits per heavy atom. The zero-order valence-electron chi connectivity index (χ0n) is 32.7. The van der Waals surface area contributed by atoms with Crippen LogP contribution in [-0.4, -0.2) is 92.3 Å². The van der Waals surface area contributed by atoms with Crippen LogP contribution < -0.4 is 9.47 Å². The van der Waals surface area contributed by atoms with Gasteiger partial charge in [0.05, 0.1) is 29.8 Å². The van der Waals surface area contributed by atoms with Crippen LogP contribution in [0.4, 0.5) is 10.5 Å². The second-order valence-electron chi connectivity index (χ2n) is 15.7. The highest BCUT2D eigenvalue weighted by Crippen LogP contribution is 2.40. The summed E-state index contributed by atoms with van der Waals surface area (Å²) in [6, 6.07) is 3.84. The van der Waals surface area contributed by atoms with Crippen molar-refractivity contribution in [2.75, 3.05) is 13.2 Å². The minimum atomic E-state index is -2.40. The Morgan fingerprint density at radius 1 is 0.824 bits per heavy atom. The summed E-state index contributed by atoms with van der Waals surface area (Å²) in [5, 5.41) is 12.6. The van der Waals surface area contributed by atoms with Crippen LogP contribution in [0.3, 0.4) is 0 Å². The molecule has 1 atom stereocenters. The van der Waals surface area contributed by atoms with Gasteiger partial charge in [-0.2, -0.15) is 0 Å². The Balaban J connectivity index is 2.35. The standard InChI is InChI=1S/C30H57N2O13Si6/c1-23(40-30(35)41-31-28(33)15-16-29(31)34)24-21-26(38-17-19-48(7,8)44-50(11,12)42-46(2)3)27(22-25(24)32(36)37)39-18-20-49(9,10)45-51(13,14)43-47(4,5)6/h21-23H,15-20H2,1-14H3. The molecule has 1 saturated heterocycles. The molecule has 0 aliphatic carbocycles. The van der Waals surface area contributed by atoms with Gasteiger partial charge in [0.1, 0.15) is 6.10 Å². The number of nitro benzene ring substituents is 1. The van der Waals surface area contributed by atoms with Crippen molar-refractivity contribution in [3.63, 3.8) is 0 Å². The summed E-state index contributed by atoms with van der Waals surface area (Å²) < 4.78 is 43.4. The van der Waals surface area contributed by atoms with E-state index >= 15 is 0 Å². The maximum atomic E-state index is 12.5. The van der Waals surface area contributed by atoms with E-state index in [0.717, 1.165) is 0 Å². The number of carbonyl (C=O) groups is 3. The molecule has 0 saturated carbocycles. The minimum Gasteiger partial charge on any atom is -0.490 e. The van der Waals surface area contributed by atoms with E-state index < -0.39 is 80.1 Å². The molecule has 1 heterocycles. The molecule has 0 spiro atoms. The molecule has 1 fully saturated rings. The lowest BCUT2D eigenvalue weighted by atomic mass is 10.1. The van der Waals surface area contributed by atoms with Crippen molar-refractivity contribution in [1.29, 1.82) is 0 Å². The molecule has 21 heteroatoms. The van der Waals surface area contributed by atoms with E-state index in [9.17, 15) is 24.5 Å². The second-order valence-corrected chi connectivity index (χ2v) is 38.7. The molecule has 0 N–H and O–H groups in total. The fourth-order valence-corrected chi connectivity index (χ4v) is 29.3. The lowest BCUT2D eigenvalue weighted by molar-refractivity contribution is -0.386. The van der Waals surface area contributed by atoms with E-state index in [1.165, 1.54) is 19.1 Å². The largest absolute Gasteiger partial charge is 0.534 e. The van der Waals surface area contributed by atoms with E-state index in [2.05, 4.69) is 58.9 Å². The lowest BCUT2D eigenvalue weighted by Crippen LogP contribution is -2.51. The van der Waals surface area contributed by atoms with E-state index in [1.807, 2.05) is 26.2 Å². The summed E-state index contributed by atoms with van der Waals surface area (Å²) in [5.74, 6) is -1.00. The van der Waals surface area contributed by atoms with Crippen LogP contribution in [0.25, 0.3) is 0 Å². The predicted octanol–water partition coefficient (Wildman–Crippen LogP) is 7.60. The molecule has 2 amide bonds. The molecule has 1 aromatic carbocycles. The Labute approximate surface area is 309 Å².